The lowest BCUT2D eigenvalue weighted by Gasteiger charge is -2.61. The minimum atomic E-state index is -1.13. The van der Waals surface area contributed by atoms with Gasteiger partial charge in [-0.15, -0.1) is 0 Å². The number of halogens is 1. The van der Waals surface area contributed by atoms with E-state index in [1.807, 2.05) is 24.3 Å². The molecule has 4 N–H and O–H groups in total. The summed E-state index contributed by atoms with van der Waals surface area (Å²) in [6.45, 7) is 1.05. The molecule has 5 aliphatic rings. The van der Waals surface area contributed by atoms with E-state index in [0.717, 1.165) is 59.7 Å². The first-order chi connectivity index (χ1) is 20.2. The molecule has 2 heterocycles. The molecule has 42 heavy (non-hydrogen) atoms. The van der Waals surface area contributed by atoms with Crippen molar-refractivity contribution in [3.05, 3.63) is 71.2 Å². The van der Waals surface area contributed by atoms with E-state index in [9.17, 15) is 23.9 Å². The zero-order valence-electron chi connectivity index (χ0n) is 23.3. The van der Waals surface area contributed by atoms with Gasteiger partial charge >= 0.3 is 12.1 Å². The fourth-order valence-corrected chi connectivity index (χ4v) is 8.51. The number of hydrogen-bond acceptors (Lipinski definition) is 5. The molecule has 2 amide bonds. The molecule has 4 bridgehead atoms. The van der Waals surface area contributed by atoms with Gasteiger partial charge in [-0.3, -0.25) is 4.79 Å². The summed E-state index contributed by atoms with van der Waals surface area (Å²) in [5, 5.41) is 17.0. The van der Waals surface area contributed by atoms with E-state index in [-0.39, 0.29) is 30.2 Å². The molecule has 9 nitrogen and oxygen atoms in total. The van der Waals surface area contributed by atoms with Crippen molar-refractivity contribution in [3.8, 4) is 0 Å². The Morgan fingerprint density at radius 2 is 1.83 bits per heavy atom. The highest BCUT2D eigenvalue weighted by atomic mass is 19.1. The van der Waals surface area contributed by atoms with Crippen LogP contribution in [0.15, 0.2) is 48.7 Å². The molecule has 10 heteroatoms. The van der Waals surface area contributed by atoms with Crippen LogP contribution in [0.5, 0.6) is 0 Å². The first kappa shape index (κ1) is 26.9. The summed E-state index contributed by atoms with van der Waals surface area (Å²) in [6, 6.07) is 11.2. The Balaban J connectivity index is 0.999. The molecule has 4 fully saturated rings. The van der Waals surface area contributed by atoms with E-state index in [0.29, 0.717) is 31.3 Å². The van der Waals surface area contributed by atoms with E-state index in [1.165, 1.54) is 12.1 Å². The van der Waals surface area contributed by atoms with Crippen LogP contribution in [-0.2, 0) is 33.8 Å². The predicted molar refractivity (Wildman–Crippen MR) is 152 cm³/mol. The summed E-state index contributed by atoms with van der Waals surface area (Å²) < 4.78 is 19.8. The second-order valence-electron chi connectivity index (χ2n) is 12.9. The Bertz CT molecular complexity index is 1560. The molecular formula is C32H35FN4O5. The third kappa shape index (κ3) is 5.02. The third-order valence-corrected chi connectivity index (χ3v) is 9.86. The Morgan fingerprint density at radius 3 is 2.62 bits per heavy atom. The summed E-state index contributed by atoms with van der Waals surface area (Å²) in [6.07, 6.45) is 6.23. The second-order valence-corrected chi connectivity index (χ2v) is 12.9. The molecule has 1 aliphatic heterocycles. The molecule has 4 aliphatic carbocycles. The SMILES string of the molecule is O=C(N[C@@H](Cc1c[nH]c2ccccc12)C(=O)O)OC12CC3CC(CC(NCC(=O)N4Cc5ccc(F)cc5C4)(C3)C1)C2. The number of carbonyl (C=O) groups excluding carboxylic acids is 2. The van der Waals surface area contributed by atoms with E-state index in [4.69, 9.17) is 4.74 Å². The van der Waals surface area contributed by atoms with Crippen LogP contribution >= 0.6 is 0 Å². The summed E-state index contributed by atoms with van der Waals surface area (Å²) in [5.41, 5.74) is 2.55. The summed E-state index contributed by atoms with van der Waals surface area (Å²) in [7, 11) is 0. The van der Waals surface area contributed by atoms with Crippen LogP contribution in [0.4, 0.5) is 9.18 Å². The number of nitrogens with zero attached hydrogens (tertiary/aromatic N) is 1. The van der Waals surface area contributed by atoms with Crippen LogP contribution in [0.2, 0.25) is 0 Å². The summed E-state index contributed by atoms with van der Waals surface area (Å²) in [4.78, 5) is 43.4. The maximum absolute atomic E-state index is 13.7. The average molecular weight is 575 g/mol. The maximum Gasteiger partial charge on any atom is 0.408 e. The Morgan fingerprint density at radius 1 is 1.07 bits per heavy atom. The van der Waals surface area contributed by atoms with Crippen LogP contribution < -0.4 is 10.6 Å². The number of H-pyrrole nitrogens is 1. The average Bonchev–Trinajstić information content (AvgIpc) is 3.54. The highest BCUT2D eigenvalue weighted by molar-refractivity contribution is 5.85. The normalized spacial score (nSPS) is 28.1. The Hall–Kier alpha value is -3.92. The number of aliphatic carboxylic acids is 1. The maximum atomic E-state index is 13.7. The zero-order chi connectivity index (χ0) is 29.1. The van der Waals surface area contributed by atoms with E-state index in [1.54, 1.807) is 17.2 Å². The molecule has 1 aromatic heterocycles. The van der Waals surface area contributed by atoms with Gasteiger partial charge in [0.2, 0.25) is 5.91 Å². The molecule has 0 radical (unpaired) electrons. The predicted octanol–water partition coefficient (Wildman–Crippen LogP) is 4.25. The van der Waals surface area contributed by atoms with Crippen molar-refractivity contribution >= 4 is 28.9 Å². The fourth-order valence-electron chi connectivity index (χ4n) is 8.51. The van der Waals surface area contributed by atoms with Crippen molar-refractivity contribution in [2.45, 2.75) is 75.2 Å². The van der Waals surface area contributed by atoms with Gasteiger partial charge in [0, 0.05) is 48.6 Å². The zero-order valence-corrected chi connectivity index (χ0v) is 23.3. The Kier molecular flexibility index (Phi) is 6.49. The molecule has 2 aromatic carbocycles. The van der Waals surface area contributed by atoms with E-state index >= 15 is 0 Å². The number of carboxylic acids is 1. The number of aromatic amines is 1. The van der Waals surface area contributed by atoms with Gasteiger partial charge in [0.05, 0.1) is 6.54 Å². The summed E-state index contributed by atoms with van der Waals surface area (Å²) >= 11 is 0. The number of alkyl carbamates (subject to hydrolysis) is 1. The van der Waals surface area contributed by atoms with E-state index < -0.39 is 23.7 Å². The minimum absolute atomic E-state index is 0.0309. The molecule has 3 aromatic rings. The van der Waals surface area contributed by atoms with Gasteiger partial charge in [-0.25, -0.2) is 14.0 Å². The molecule has 0 spiro atoms. The molecule has 3 atom stereocenters. The van der Waals surface area contributed by atoms with Crippen molar-refractivity contribution in [2.24, 2.45) is 11.8 Å². The standard InChI is InChI=1S/C32H35FN4O5/c33-24-6-5-21-16-37(17-23(21)8-24)28(38)15-35-31-10-19-7-20(11-31)13-32(12-19,18-31)42-30(41)36-27(29(39)40)9-22-14-34-26-4-2-1-3-25(22)26/h1-6,8,14,19-20,27,34-35H,7,9-13,15-18H2,(H,36,41)(H,39,40)/t19?,20?,27-,31?,32?/m0/s1. The van der Waals surface area contributed by atoms with Crippen molar-refractivity contribution in [3.63, 3.8) is 0 Å². The monoisotopic (exact) mass is 574 g/mol. The van der Waals surface area contributed by atoms with Crippen molar-refractivity contribution in [1.82, 2.24) is 20.5 Å². The van der Waals surface area contributed by atoms with Gasteiger partial charge in [0.15, 0.2) is 0 Å². The number of aromatic nitrogens is 1. The van der Waals surface area contributed by atoms with Crippen molar-refractivity contribution < 1.29 is 28.6 Å². The van der Waals surface area contributed by atoms with Gasteiger partial charge < -0.3 is 30.4 Å². The number of carboxylic acid groups (broad SMARTS) is 1. The number of ether oxygens (including phenoxy) is 1. The molecule has 8 rings (SSSR count). The largest absolute Gasteiger partial charge is 0.480 e. The number of para-hydroxylation sites is 1. The molecule has 0 saturated heterocycles. The first-order valence-electron chi connectivity index (χ1n) is 14.8. The molecule has 220 valence electrons. The number of nitrogens with one attached hydrogen (secondary N) is 3. The number of carbonyl (C=O) groups is 3. The van der Waals surface area contributed by atoms with E-state index in [2.05, 4.69) is 15.6 Å². The third-order valence-electron chi connectivity index (χ3n) is 9.86. The van der Waals surface area contributed by atoms with Gasteiger partial charge in [0.1, 0.15) is 17.5 Å². The summed E-state index contributed by atoms with van der Waals surface area (Å²) in [5.74, 6) is -0.691. The number of fused-ring (bicyclic) bond motifs is 2. The fraction of sp³-hybridized carbons (Fsp3) is 0.469. The van der Waals surface area contributed by atoms with Gasteiger partial charge in [-0.1, -0.05) is 24.3 Å². The van der Waals surface area contributed by atoms with Gasteiger partial charge in [-0.05, 0) is 78.8 Å². The van der Waals surface area contributed by atoms with Crippen LogP contribution in [0.25, 0.3) is 10.9 Å². The number of hydrogen-bond donors (Lipinski definition) is 4. The lowest BCUT2D eigenvalue weighted by Crippen LogP contribution is -2.66. The smallest absolute Gasteiger partial charge is 0.408 e. The van der Waals surface area contributed by atoms with Crippen LogP contribution in [0, 0.1) is 17.7 Å². The molecular weight excluding hydrogens is 539 g/mol. The highest BCUT2D eigenvalue weighted by Crippen LogP contribution is 2.59. The highest BCUT2D eigenvalue weighted by Gasteiger charge is 2.59. The van der Waals surface area contributed by atoms with Crippen molar-refractivity contribution in [2.75, 3.05) is 6.54 Å². The lowest BCUT2D eigenvalue weighted by molar-refractivity contribution is -0.150. The number of benzene rings is 2. The number of amides is 2. The van der Waals surface area contributed by atoms with Crippen molar-refractivity contribution in [1.29, 1.82) is 0 Å². The van der Waals surface area contributed by atoms with Crippen LogP contribution in [-0.4, -0.2) is 56.7 Å². The van der Waals surface area contributed by atoms with Crippen LogP contribution in [0.3, 0.4) is 0 Å². The van der Waals surface area contributed by atoms with Gasteiger partial charge in [-0.2, -0.15) is 0 Å². The number of rotatable bonds is 8. The van der Waals surface area contributed by atoms with Gasteiger partial charge in [0.25, 0.3) is 0 Å². The second kappa shape index (κ2) is 10.1. The quantitative estimate of drug-likeness (QED) is 0.319. The van der Waals surface area contributed by atoms with Crippen LogP contribution in [0.1, 0.15) is 55.2 Å². The lowest BCUT2D eigenvalue weighted by atomic mass is 9.51. The Labute approximate surface area is 242 Å². The molecule has 4 saturated carbocycles. The first-order valence-corrected chi connectivity index (χ1v) is 14.8. The molecule has 2 unspecified atom stereocenters. The minimum Gasteiger partial charge on any atom is -0.480 e. The topological polar surface area (TPSA) is 124 Å².